The molecule has 1 fully saturated rings. The molecule has 7 heteroatoms. The number of nitrogens with zero attached hydrogens (tertiary/aromatic N) is 2. The van der Waals surface area contributed by atoms with Gasteiger partial charge in [0, 0.05) is 43.3 Å². The fraction of sp³-hybridized carbons (Fsp3) is 0.455. The van der Waals surface area contributed by atoms with Crippen LogP contribution < -0.4 is 15.0 Å². The topological polar surface area (TPSA) is 61.9 Å². The summed E-state index contributed by atoms with van der Waals surface area (Å²) in [7, 11) is 1.66. The molecule has 3 rings (SSSR count). The fourth-order valence-electron chi connectivity index (χ4n) is 3.17. The van der Waals surface area contributed by atoms with Crippen molar-refractivity contribution in [1.29, 1.82) is 0 Å². The molecule has 1 saturated heterocycles. The first-order chi connectivity index (χ1) is 13.7. The van der Waals surface area contributed by atoms with E-state index in [2.05, 4.69) is 16.3 Å². The van der Waals surface area contributed by atoms with Crippen molar-refractivity contribution >= 4 is 33.8 Å². The molecule has 2 heterocycles. The molecule has 1 aromatic carbocycles. The van der Waals surface area contributed by atoms with Crippen LogP contribution in [0.3, 0.4) is 0 Å². The number of hydrogen-bond acceptors (Lipinski definition) is 5. The van der Waals surface area contributed by atoms with Gasteiger partial charge in [0.25, 0.3) is 5.91 Å². The highest BCUT2D eigenvalue weighted by Crippen LogP contribution is 2.30. The third-order valence-electron chi connectivity index (χ3n) is 5.02. The van der Waals surface area contributed by atoms with Crippen molar-refractivity contribution in [1.82, 2.24) is 4.90 Å². The van der Waals surface area contributed by atoms with Crippen molar-refractivity contribution in [2.24, 2.45) is 5.41 Å². The quantitative estimate of drug-likeness (QED) is 0.820. The average molecular weight is 416 g/mol. The zero-order valence-corrected chi connectivity index (χ0v) is 18.6. The number of nitrogens with one attached hydrogen (secondary N) is 1. The Bertz CT molecular complexity index is 893. The molecular formula is C22H29N3O3S. The van der Waals surface area contributed by atoms with Crippen LogP contribution >= 0.6 is 11.3 Å². The van der Waals surface area contributed by atoms with Crippen molar-refractivity contribution in [2.75, 3.05) is 43.5 Å². The minimum atomic E-state index is -0.474. The number of carbonyl (C=O) groups excluding carboxylic acids is 2. The Morgan fingerprint density at radius 1 is 1.10 bits per heavy atom. The van der Waals surface area contributed by atoms with Gasteiger partial charge in [0.2, 0.25) is 5.91 Å². The number of thiophene rings is 1. The van der Waals surface area contributed by atoms with E-state index in [4.69, 9.17) is 4.74 Å². The summed E-state index contributed by atoms with van der Waals surface area (Å²) in [5, 5.41) is 3.65. The fourth-order valence-corrected chi connectivity index (χ4v) is 4.21. The third-order valence-corrected chi connectivity index (χ3v) is 6.16. The third kappa shape index (κ3) is 4.90. The Balaban J connectivity index is 1.64. The molecule has 29 heavy (non-hydrogen) atoms. The summed E-state index contributed by atoms with van der Waals surface area (Å²) in [5.74, 6) is 0.818. The summed E-state index contributed by atoms with van der Waals surface area (Å²) in [6.07, 6.45) is 0. The van der Waals surface area contributed by atoms with Gasteiger partial charge in [0.05, 0.1) is 17.0 Å². The summed E-state index contributed by atoms with van der Waals surface area (Å²) in [6, 6.07) is 9.87. The molecule has 0 saturated carbocycles. The molecule has 1 aliphatic heterocycles. The van der Waals surface area contributed by atoms with Crippen LogP contribution in [0.4, 0.5) is 10.7 Å². The number of piperazine rings is 1. The van der Waals surface area contributed by atoms with E-state index in [1.54, 1.807) is 7.11 Å². The van der Waals surface area contributed by atoms with Crippen LogP contribution in [-0.2, 0) is 4.79 Å². The van der Waals surface area contributed by atoms with Crippen LogP contribution in [0.5, 0.6) is 5.75 Å². The Hall–Kier alpha value is -2.54. The molecule has 1 aliphatic rings. The van der Waals surface area contributed by atoms with Gasteiger partial charge in [-0.2, -0.15) is 0 Å². The zero-order chi connectivity index (χ0) is 21.2. The van der Waals surface area contributed by atoms with Gasteiger partial charge in [0.1, 0.15) is 5.75 Å². The maximum absolute atomic E-state index is 13.0. The number of anilines is 2. The first-order valence-corrected chi connectivity index (χ1v) is 10.6. The molecule has 6 nitrogen and oxygen atoms in total. The maximum atomic E-state index is 13.0. The lowest BCUT2D eigenvalue weighted by Gasteiger charge is -2.36. The highest BCUT2D eigenvalue weighted by Gasteiger charge is 2.26. The number of benzene rings is 1. The lowest BCUT2D eigenvalue weighted by atomic mass is 9.96. The second-order valence-electron chi connectivity index (χ2n) is 8.31. The van der Waals surface area contributed by atoms with Gasteiger partial charge in [-0.3, -0.25) is 9.59 Å². The standard InChI is InChI=1S/C22H29N3O3S/c1-15-13-18(23-21(27)22(2,3)4)29-19(15)20(26)25-11-9-24(10-12-25)16-7-6-8-17(14-16)28-5/h6-8,13-14H,9-12H2,1-5H3,(H,23,27). The summed E-state index contributed by atoms with van der Waals surface area (Å²) < 4.78 is 5.31. The van der Waals surface area contributed by atoms with Gasteiger partial charge >= 0.3 is 0 Å². The van der Waals surface area contributed by atoms with E-state index < -0.39 is 5.41 Å². The van der Waals surface area contributed by atoms with Crippen LogP contribution in [0.2, 0.25) is 0 Å². The zero-order valence-electron chi connectivity index (χ0n) is 17.7. The Morgan fingerprint density at radius 2 is 1.79 bits per heavy atom. The molecule has 2 aromatic rings. The van der Waals surface area contributed by atoms with E-state index in [9.17, 15) is 9.59 Å². The number of amides is 2. The normalized spacial score (nSPS) is 14.7. The van der Waals surface area contributed by atoms with Crippen LogP contribution in [0.25, 0.3) is 0 Å². The summed E-state index contributed by atoms with van der Waals surface area (Å²) in [5.41, 5.74) is 1.54. The van der Waals surface area contributed by atoms with Gasteiger partial charge in [0.15, 0.2) is 0 Å². The molecule has 1 aromatic heterocycles. The molecule has 0 bridgehead atoms. The Morgan fingerprint density at radius 3 is 2.41 bits per heavy atom. The van der Waals surface area contributed by atoms with Crippen molar-refractivity contribution in [3.8, 4) is 5.75 Å². The van der Waals surface area contributed by atoms with E-state index in [-0.39, 0.29) is 11.8 Å². The summed E-state index contributed by atoms with van der Waals surface area (Å²) >= 11 is 1.35. The highest BCUT2D eigenvalue weighted by molar-refractivity contribution is 7.18. The van der Waals surface area contributed by atoms with Crippen molar-refractivity contribution < 1.29 is 14.3 Å². The molecule has 0 aliphatic carbocycles. The van der Waals surface area contributed by atoms with Gasteiger partial charge in [-0.1, -0.05) is 26.8 Å². The first kappa shape index (κ1) is 21.2. The number of methoxy groups -OCH3 is 1. The largest absolute Gasteiger partial charge is 0.497 e. The van der Waals surface area contributed by atoms with Gasteiger partial charge in [-0.05, 0) is 30.7 Å². The molecular weight excluding hydrogens is 386 g/mol. The van der Waals surface area contributed by atoms with E-state index in [0.29, 0.717) is 18.0 Å². The average Bonchev–Trinajstić information content (AvgIpc) is 3.07. The lowest BCUT2D eigenvalue weighted by molar-refractivity contribution is -0.123. The molecule has 0 radical (unpaired) electrons. The predicted molar refractivity (Wildman–Crippen MR) is 118 cm³/mol. The molecule has 1 N–H and O–H groups in total. The van der Waals surface area contributed by atoms with E-state index in [1.165, 1.54) is 11.3 Å². The first-order valence-electron chi connectivity index (χ1n) is 9.79. The molecule has 0 atom stereocenters. The highest BCUT2D eigenvalue weighted by atomic mass is 32.1. The van der Waals surface area contributed by atoms with Crippen LogP contribution in [0.15, 0.2) is 30.3 Å². The number of rotatable bonds is 4. The summed E-state index contributed by atoms with van der Waals surface area (Å²) in [6.45, 7) is 10.4. The van der Waals surface area contributed by atoms with Crippen molar-refractivity contribution in [3.05, 3.63) is 40.8 Å². The number of carbonyl (C=O) groups is 2. The van der Waals surface area contributed by atoms with Crippen molar-refractivity contribution in [3.63, 3.8) is 0 Å². The minimum Gasteiger partial charge on any atom is -0.497 e. The van der Waals surface area contributed by atoms with Crippen LogP contribution in [-0.4, -0.2) is 50.0 Å². The number of aryl methyl sites for hydroxylation is 1. The molecule has 2 amide bonds. The van der Waals surface area contributed by atoms with E-state index in [1.807, 2.05) is 56.9 Å². The lowest BCUT2D eigenvalue weighted by Crippen LogP contribution is -2.48. The Labute approximate surface area is 176 Å². The van der Waals surface area contributed by atoms with Gasteiger partial charge in [-0.15, -0.1) is 11.3 Å². The monoisotopic (exact) mass is 415 g/mol. The second kappa shape index (κ2) is 8.45. The van der Waals surface area contributed by atoms with Crippen LogP contribution in [0.1, 0.15) is 36.0 Å². The number of ether oxygens (including phenoxy) is 1. The van der Waals surface area contributed by atoms with Gasteiger partial charge in [-0.25, -0.2) is 0 Å². The minimum absolute atomic E-state index is 0.0362. The van der Waals surface area contributed by atoms with Gasteiger partial charge < -0.3 is 19.9 Å². The van der Waals surface area contributed by atoms with E-state index >= 15 is 0 Å². The number of hydrogen-bond donors (Lipinski definition) is 1. The Kier molecular flexibility index (Phi) is 6.17. The second-order valence-corrected chi connectivity index (χ2v) is 9.36. The molecule has 0 spiro atoms. The SMILES string of the molecule is COc1cccc(N2CCN(C(=O)c3sc(NC(=O)C(C)(C)C)cc3C)CC2)c1. The molecule has 0 unspecified atom stereocenters. The van der Waals surface area contributed by atoms with Crippen LogP contribution in [0, 0.1) is 12.3 Å². The predicted octanol–water partition coefficient (Wildman–Crippen LogP) is 4.01. The maximum Gasteiger partial charge on any atom is 0.264 e. The van der Waals surface area contributed by atoms with E-state index in [0.717, 1.165) is 35.1 Å². The summed E-state index contributed by atoms with van der Waals surface area (Å²) in [4.78, 5) is 30.1. The smallest absolute Gasteiger partial charge is 0.264 e. The molecule has 156 valence electrons. The van der Waals surface area contributed by atoms with Crippen molar-refractivity contribution in [2.45, 2.75) is 27.7 Å².